The number of nitrogens with one attached hydrogen (secondary N) is 2. The molecule has 1 saturated heterocycles. The number of nitrogens with zero attached hydrogens (tertiary/aromatic N) is 1. The number of carbonyl (C=O) groups is 1. The average Bonchev–Trinajstić information content (AvgIpc) is 2.40. The molecule has 0 spiro atoms. The Bertz CT molecular complexity index is 380. The van der Waals surface area contributed by atoms with Crippen molar-refractivity contribution in [2.24, 2.45) is 0 Å². The number of piperazine rings is 1. The second-order valence-corrected chi connectivity index (χ2v) is 4.71. The summed E-state index contributed by atoms with van der Waals surface area (Å²) in [5.41, 5.74) is 1.26. The molecular formula is C14H21N3O. The number of hydrogen-bond acceptors (Lipinski definition) is 2. The fraction of sp³-hybridized carbons (Fsp3) is 0.500. The monoisotopic (exact) mass is 247 g/mol. The van der Waals surface area contributed by atoms with Gasteiger partial charge in [-0.3, -0.25) is 0 Å². The molecule has 1 heterocycles. The molecule has 18 heavy (non-hydrogen) atoms. The van der Waals surface area contributed by atoms with Crippen molar-refractivity contribution in [1.29, 1.82) is 0 Å². The van der Waals surface area contributed by atoms with Crippen LogP contribution in [0.1, 0.15) is 12.5 Å². The molecule has 2 amide bonds. The Hall–Kier alpha value is -1.55. The lowest BCUT2D eigenvalue weighted by atomic mass is 10.1. The summed E-state index contributed by atoms with van der Waals surface area (Å²) in [5.74, 6) is 0. The molecule has 0 aliphatic carbocycles. The molecule has 98 valence electrons. The highest BCUT2D eigenvalue weighted by atomic mass is 16.2. The minimum atomic E-state index is 0.0555. The van der Waals surface area contributed by atoms with E-state index in [1.807, 2.05) is 23.1 Å². The first-order valence-corrected chi connectivity index (χ1v) is 6.56. The molecule has 4 heteroatoms. The van der Waals surface area contributed by atoms with Crippen LogP contribution in [-0.2, 0) is 6.42 Å². The van der Waals surface area contributed by atoms with Gasteiger partial charge in [0, 0.05) is 32.2 Å². The summed E-state index contributed by atoms with van der Waals surface area (Å²) < 4.78 is 0. The van der Waals surface area contributed by atoms with Crippen molar-refractivity contribution in [2.45, 2.75) is 19.4 Å². The number of hydrogen-bond donors (Lipinski definition) is 2. The maximum absolute atomic E-state index is 12.0. The number of rotatable bonds is 3. The van der Waals surface area contributed by atoms with Crippen molar-refractivity contribution in [3.63, 3.8) is 0 Å². The maximum Gasteiger partial charge on any atom is 0.317 e. The summed E-state index contributed by atoms with van der Waals surface area (Å²) in [6, 6.07) is 10.5. The zero-order valence-electron chi connectivity index (χ0n) is 10.9. The van der Waals surface area contributed by atoms with Crippen LogP contribution in [-0.4, -0.2) is 43.2 Å². The summed E-state index contributed by atoms with van der Waals surface area (Å²) in [6.07, 6.45) is 0.882. The van der Waals surface area contributed by atoms with E-state index in [-0.39, 0.29) is 12.1 Å². The predicted octanol–water partition coefficient (Wildman–Crippen LogP) is 1.23. The normalized spacial score (nSPS) is 19.6. The third-order valence-corrected chi connectivity index (χ3v) is 3.29. The molecule has 0 aromatic heterocycles. The van der Waals surface area contributed by atoms with Gasteiger partial charge in [0.1, 0.15) is 0 Å². The number of urea groups is 1. The molecule has 1 aromatic rings. The minimum Gasteiger partial charge on any atom is -0.338 e. The molecule has 1 aromatic carbocycles. The number of carbonyl (C=O) groups excluding carboxylic acids is 1. The van der Waals surface area contributed by atoms with Gasteiger partial charge in [0.2, 0.25) is 0 Å². The van der Waals surface area contributed by atoms with Gasteiger partial charge >= 0.3 is 6.03 Å². The fourth-order valence-corrected chi connectivity index (χ4v) is 2.20. The van der Waals surface area contributed by atoms with E-state index in [0.29, 0.717) is 6.54 Å². The van der Waals surface area contributed by atoms with Crippen LogP contribution in [0, 0.1) is 0 Å². The third-order valence-electron chi connectivity index (χ3n) is 3.29. The van der Waals surface area contributed by atoms with Crippen LogP contribution in [0.4, 0.5) is 4.79 Å². The topological polar surface area (TPSA) is 44.4 Å². The second kappa shape index (κ2) is 6.40. The van der Waals surface area contributed by atoms with E-state index in [9.17, 15) is 4.79 Å². The molecule has 2 rings (SSSR count). The lowest BCUT2D eigenvalue weighted by Crippen LogP contribution is -2.55. The number of benzene rings is 1. The van der Waals surface area contributed by atoms with E-state index < -0.39 is 0 Å². The summed E-state index contributed by atoms with van der Waals surface area (Å²) in [4.78, 5) is 13.9. The average molecular weight is 247 g/mol. The molecule has 0 saturated carbocycles. The summed E-state index contributed by atoms with van der Waals surface area (Å²) >= 11 is 0. The molecule has 1 fully saturated rings. The lowest BCUT2D eigenvalue weighted by Gasteiger charge is -2.33. The van der Waals surface area contributed by atoms with E-state index in [2.05, 4.69) is 29.7 Å². The first kappa shape index (κ1) is 12.9. The molecule has 2 N–H and O–H groups in total. The minimum absolute atomic E-state index is 0.0555. The quantitative estimate of drug-likeness (QED) is 0.844. The van der Waals surface area contributed by atoms with Gasteiger partial charge in [0.05, 0.1) is 0 Å². The first-order valence-electron chi connectivity index (χ1n) is 6.56. The van der Waals surface area contributed by atoms with Crippen LogP contribution in [0.15, 0.2) is 30.3 Å². The fourth-order valence-electron chi connectivity index (χ4n) is 2.20. The van der Waals surface area contributed by atoms with Crippen LogP contribution >= 0.6 is 0 Å². The van der Waals surface area contributed by atoms with E-state index in [0.717, 1.165) is 26.1 Å². The van der Waals surface area contributed by atoms with Gasteiger partial charge in [-0.05, 0) is 18.9 Å². The molecule has 0 unspecified atom stereocenters. The van der Waals surface area contributed by atoms with Gasteiger partial charge in [-0.2, -0.15) is 0 Å². The number of amides is 2. The van der Waals surface area contributed by atoms with Gasteiger partial charge < -0.3 is 15.5 Å². The van der Waals surface area contributed by atoms with Crippen LogP contribution in [0.5, 0.6) is 0 Å². The zero-order chi connectivity index (χ0) is 12.8. The smallest absolute Gasteiger partial charge is 0.317 e. The summed E-state index contributed by atoms with van der Waals surface area (Å²) in [7, 11) is 0. The van der Waals surface area contributed by atoms with Crippen LogP contribution < -0.4 is 10.6 Å². The van der Waals surface area contributed by atoms with Crippen molar-refractivity contribution in [2.75, 3.05) is 26.2 Å². The highest BCUT2D eigenvalue weighted by Gasteiger charge is 2.22. The van der Waals surface area contributed by atoms with Crippen LogP contribution in [0.2, 0.25) is 0 Å². The maximum atomic E-state index is 12.0. The molecule has 1 atom stereocenters. The molecule has 0 radical (unpaired) electrons. The van der Waals surface area contributed by atoms with Gasteiger partial charge in [-0.25, -0.2) is 4.79 Å². The van der Waals surface area contributed by atoms with Crippen LogP contribution in [0.3, 0.4) is 0 Å². The van der Waals surface area contributed by atoms with E-state index in [1.54, 1.807) is 0 Å². The van der Waals surface area contributed by atoms with E-state index in [1.165, 1.54) is 5.56 Å². The van der Waals surface area contributed by atoms with E-state index in [4.69, 9.17) is 0 Å². The SMILES string of the molecule is C[C@H]1CNCCN1C(=O)NCCc1ccccc1. The molecule has 1 aliphatic heterocycles. The largest absolute Gasteiger partial charge is 0.338 e. The predicted molar refractivity (Wildman–Crippen MR) is 72.6 cm³/mol. The van der Waals surface area contributed by atoms with Gasteiger partial charge in [-0.1, -0.05) is 30.3 Å². The highest BCUT2D eigenvalue weighted by Crippen LogP contribution is 2.03. The second-order valence-electron chi connectivity index (χ2n) is 4.71. The molecule has 0 bridgehead atoms. The van der Waals surface area contributed by atoms with Gasteiger partial charge in [0.25, 0.3) is 0 Å². The molecule has 1 aliphatic rings. The Morgan fingerprint density at radius 1 is 1.44 bits per heavy atom. The third kappa shape index (κ3) is 3.47. The van der Waals surface area contributed by atoms with Crippen molar-refractivity contribution in [3.8, 4) is 0 Å². The molecular weight excluding hydrogens is 226 g/mol. The Kier molecular flexibility index (Phi) is 4.59. The Morgan fingerprint density at radius 3 is 2.94 bits per heavy atom. The Morgan fingerprint density at radius 2 is 2.22 bits per heavy atom. The molecule has 4 nitrogen and oxygen atoms in total. The van der Waals surface area contributed by atoms with Crippen LogP contribution in [0.25, 0.3) is 0 Å². The van der Waals surface area contributed by atoms with Gasteiger partial charge in [0.15, 0.2) is 0 Å². The summed E-state index contributed by atoms with van der Waals surface area (Å²) in [6.45, 7) is 5.32. The Balaban J connectivity index is 1.74. The highest BCUT2D eigenvalue weighted by molar-refractivity contribution is 5.74. The zero-order valence-corrected chi connectivity index (χ0v) is 10.9. The van der Waals surface area contributed by atoms with E-state index >= 15 is 0 Å². The lowest BCUT2D eigenvalue weighted by molar-refractivity contribution is 0.165. The summed E-state index contributed by atoms with van der Waals surface area (Å²) in [5, 5.41) is 6.27. The van der Waals surface area contributed by atoms with Crippen molar-refractivity contribution >= 4 is 6.03 Å². The van der Waals surface area contributed by atoms with Crippen molar-refractivity contribution in [1.82, 2.24) is 15.5 Å². The van der Waals surface area contributed by atoms with Crippen molar-refractivity contribution < 1.29 is 4.79 Å². The Labute approximate surface area is 108 Å². The van der Waals surface area contributed by atoms with Crippen molar-refractivity contribution in [3.05, 3.63) is 35.9 Å². The first-order chi connectivity index (χ1) is 8.77. The standard InChI is InChI=1S/C14H21N3O/c1-12-11-15-9-10-17(12)14(18)16-8-7-13-5-3-2-4-6-13/h2-6,12,15H,7-11H2,1H3,(H,16,18)/t12-/m0/s1. The van der Waals surface area contributed by atoms with Gasteiger partial charge in [-0.15, -0.1) is 0 Å².